The van der Waals surface area contributed by atoms with Crippen molar-refractivity contribution in [1.82, 2.24) is 0 Å². The molecule has 14 heavy (non-hydrogen) atoms. The lowest BCUT2D eigenvalue weighted by molar-refractivity contribution is 0.104. The molecule has 1 rings (SSSR count). The molecule has 0 amide bonds. The Labute approximate surface area is 89.0 Å². The molecule has 0 aliphatic heterocycles. The monoisotopic (exact) mass is 208 g/mol. The highest BCUT2D eigenvalue weighted by atomic mass is 32.1. The van der Waals surface area contributed by atoms with E-state index in [1.165, 1.54) is 6.08 Å². The van der Waals surface area contributed by atoms with E-state index < -0.39 is 0 Å². The van der Waals surface area contributed by atoms with Crippen LogP contribution in [-0.2, 0) is 0 Å². The lowest BCUT2D eigenvalue weighted by Gasteiger charge is -2.00. The number of hydrogen-bond acceptors (Lipinski definition) is 3. The van der Waals surface area contributed by atoms with Gasteiger partial charge >= 0.3 is 0 Å². The first-order chi connectivity index (χ1) is 6.63. The molecule has 74 valence electrons. The molecule has 2 nitrogen and oxygen atoms in total. The first kappa shape index (κ1) is 10.9. The zero-order chi connectivity index (χ0) is 10.6. The van der Waals surface area contributed by atoms with E-state index in [2.05, 4.69) is 12.6 Å². The Kier molecular flexibility index (Phi) is 3.77. The van der Waals surface area contributed by atoms with Crippen LogP contribution < -0.4 is 4.74 Å². The van der Waals surface area contributed by atoms with Gasteiger partial charge in [0.1, 0.15) is 5.75 Å². The summed E-state index contributed by atoms with van der Waals surface area (Å²) in [6, 6.07) is 6.98. The lowest BCUT2D eigenvalue weighted by atomic mass is 10.1. The summed E-state index contributed by atoms with van der Waals surface area (Å²) in [6.45, 7) is 1.77. The molecule has 0 heterocycles. The predicted octanol–water partition coefficient (Wildman–Crippen LogP) is 2.71. The van der Waals surface area contributed by atoms with Crippen LogP contribution in [0.1, 0.15) is 17.3 Å². The van der Waals surface area contributed by atoms with Gasteiger partial charge in [0.25, 0.3) is 0 Å². The van der Waals surface area contributed by atoms with E-state index >= 15 is 0 Å². The molecule has 0 unspecified atom stereocenters. The number of ketones is 1. The summed E-state index contributed by atoms with van der Waals surface area (Å²) >= 11 is 4.04. The molecule has 1 aromatic carbocycles. The van der Waals surface area contributed by atoms with Crippen LogP contribution in [0.5, 0.6) is 5.75 Å². The molecule has 3 heteroatoms. The van der Waals surface area contributed by atoms with Gasteiger partial charge in [-0.1, -0.05) is 0 Å². The molecule has 0 aliphatic carbocycles. The van der Waals surface area contributed by atoms with Gasteiger partial charge in [-0.2, -0.15) is 0 Å². The van der Waals surface area contributed by atoms with Gasteiger partial charge in [-0.15, -0.1) is 12.6 Å². The first-order valence-electron chi connectivity index (χ1n) is 4.19. The van der Waals surface area contributed by atoms with E-state index in [1.807, 2.05) is 0 Å². The van der Waals surface area contributed by atoms with Gasteiger partial charge in [0.2, 0.25) is 0 Å². The molecule has 0 atom stereocenters. The van der Waals surface area contributed by atoms with E-state index in [0.717, 1.165) is 5.75 Å². The molecule has 0 spiro atoms. The van der Waals surface area contributed by atoms with Gasteiger partial charge in [-0.05, 0) is 42.2 Å². The zero-order valence-corrected chi connectivity index (χ0v) is 9.04. The van der Waals surface area contributed by atoms with Gasteiger partial charge in [0, 0.05) is 5.56 Å². The molecule has 0 saturated heterocycles. The van der Waals surface area contributed by atoms with Crippen LogP contribution in [0.4, 0.5) is 0 Å². The Bertz CT molecular complexity index is 348. The van der Waals surface area contributed by atoms with Gasteiger partial charge < -0.3 is 4.74 Å². The van der Waals surface area contributed by atoms with Crippen molar-refractivity contribution in [2.45, 2.75) is 6.92 Å². The Morgan fingerprint density at radius 2 is 1.93 bits per heavy atom. The fourth-order valence-corrected chi connectivity index (χ4v) is 1.15. The summed E-state index contributed by atoms with van der Waals surface area (Å²) in [5.74, 6) is 0.702. The highest BCUT2D eigenvalue weighted by molar-refractivity contribution is 7.84. The summed E-state index contributed by atoms with van der Waals surface area (Å²) < 4.78 is 4.99. The topological polar surface area (TPSA) is 26.3 Å². The maximum atomic E-state index is 11.5. The summed E-state index contributed by atoms with van der Waals surface area (Å²) in [7, 11) is 1.59. The van der Waals surface area contributed by atoms with E-state index in [0.29, 0.717) is 10.5 Å². The quantitative estimate of drug-likeness (QED) is 0.469. The van der Waals surface area contributed by atoms with E-state index in [1.54, 1.807) is 38.3 Å². The van der Waals surface area contributed by atoms with Gasteiger partial charge in [0.15, 0.2) is 5.78 Å². The van der Waals surface area contributed by atoms with Crippen molar-refractivity contribution in [1.29, 1.82) is 0 Å². The van der Waals surface area contributed by atoms with Gasteiger partial charge in [0.05, 0.1) is 7.11 Å². The third-order valence-corrected chi connectivity index (χ3v) is 1.84. The Morgan fingerprint density at radius 3 is 2.36 bits per heavy atom. The number of thiol groups is 1. The van der Waals surface area contributed by atoms with Crippen molar-refractivity contribution in [3.05, 3.63) is 40.8 Å². The van der Waals surface area contributed by atoms with E-state index in [4.69, 9.17) is 4.74 Å². The third-order valence-electron chi connectivity index (χ3n) is 1.71. The van der Waals surface area contributed by atoms with Crippen LogP contribution in [0, 0.1) is 0 Å². The third kappa shape index (κ3) is 2.92. The van der Waals surface area contributed by atoms with Crippen LogP contribution >= 0.6 is 12.6 Å². The predicted molar refractivity (Wildman–Crippen MR) is 60.1 cm³/mol. The number of methoxy groups -OCH3 is 1. The highest BCUT2D eigenvalue weighted by Crippen LogP contribution is 2.12. The molecular formula is C11H12O2S. The minimum atomic E-state index is -0.0415. The van der Waals surface area contributed by atoms with Gasteiger partial charge in [-0.3, -0.25) is 4.79 Å². The van der Waals surface area contributed by atoms with Crippen molar-refractivity contribution in [3.8, 4) is 5.75 Å². The Hall–Kier alpha value is -1.22. The average molecular weight is 208 g/mol. The number of ether oxygens (including phenoxy) is 1. The molecule has 0 aromatic heterocycles. The fraction of sp³-hybridized carbons (Fsp3) is 0.182. The molecule has 0 radical (unpaired) electrons. The second kappa shape index (κ2) is 4.86. The molecule has 0 saturated carbocycles. The first-order valence-corrected chi connectivity index (χ1v) is 4.64. The summed E-state index contributed by atoms with van der Waals surface area (Å²) in [5.41, 5.74) is 0.638. The van der Waals surface area contributed by atoms with E-state index in [9.17, 15) is 4.79 Å². The molecule has 1 aromatic rings. The largest absolute Gasteiger partial charge is 0.497 e. The second-order valence-electron chi connectivity index (χ2n) is 2.88. The van der Waals surface area contributed by atoms with Crippen molar-refractivity contribution in [3.63, 3.8) is 0 Å². The molecule has 0 bridgehead atoms. The van der Waals surface area contributed by atoms with Crippen LogP contribution in [0.15, 0.2) is 35.2 Å². The smallest absolute Gasteiger partial charge is 0.186 e. The summed E-state index contributed by atoms with van der Waals surface area (Å²) in [6.07, 6.45) is 1.49. The normalized spacial score (nSPS) is 11.2. The average Bonchev–Trinajstić information content (AvgIpc) is 2.17. The minimum Gasteiger partial charge on any atom is -0.497 e. The molecular weight excluding hydrogens is 196 g/mol. The molecule has 0 aliphatic rings. The van der Waals surface area contributed by atoms with E-state index in [-0.39, 0.29) is 5.78 Å². The zero-order valence-electron chi connectivity index (χ0n) is 8.15. The van der Waals surface area contributed by atoms with Gasteiger partial charge in [-0.25, -0.2) is 0 Å². The number of hydrogen-bond donors (Lipinski definition) is 1. The lowest BCUT2D eigenvalue weighted by Crippen LogP contribution is -1.94. The fourth-order valence-electron chi connectivity index (χ4n) is 1.03. The van der Waals surface area contributed by atoms with Crippen LogP contribution in [0.2, 0.25) is 0 Å². The van der Waals surface area contributed by atoms with Crippen LogP contribution in [0.25, 0.3) is 0 Å². The number of carbonyl (C=O) groups excluding carboxylic acids is 1. The van der Waals surface area contributed by atoms with Crippen LogP contribution in [0.3, 0.4) is 0 Å². The highest BCUT2D eigenvalue weighted by Gasteiger charge is 2.01. The van der Waals surface area contributed by atoms with Crippen molar-refractivity contribution < 1.29 is 9.53 Å². The summed E-state index contributed by atoms with van der Waals surface area (Å²) in [4.78, 5) is 12.2. The molecule has 0 N–H and O–H groups in total. The second-order valence-corrected chi connectivity index (χ2v) is 3.58. The van der Waals surface area contributed by atoms with Crippen molar-refractivity contribution in [2.24, 2.45) is 0 Å². The number of rotatable bonds is 3. The number of allylic oxidation sites excluding steroid dienone is 2. The van der Waals surface area contributed by atoms with Crippen LogP contribution in [-0.4, -0.2) is 12.9 Å². The minimum absolute atomic E-state index is 0.0415. The SMILES string of the molecule is COc1ccc(C(=O)C=C(C)S)cc1. The number of carbonyl (C=O) groups is 1. The summed E-state index contributed by atoms with van der Waals surface area (Å²) in [5, 5.41) is 0. The maximum absolute atomic E-state index is 11.5. The van der Waals surface area contributed by atoms with Crippen molar-refractivity contribution >= 4 is 18.4 Å². The Morgan fingerprint density at radius 1 is 1.36 bits per heavy atom. The maximum Gasteiger partial charge on any atom is 0.186 e. The molecule has 0 fully saturated rings. The Balaban J connectivity index is 2.87. The standard InChI is InChI=1S/C11H12O2S/c1-8(14)7-11(12)9-3-5-10(13-2)6-4-9/h3-7,14H,1-2H3. The number of benzene rings is 1. The van der Waals surface area contributed by atoms with Crippen molar-refractivity contribution in [2.75, 3.05) is 7.11 Å².